The fourth-order valence-corrected chi connectivity index (χ4v) is 10.3. The lowest BCUT2D eigenvalue weighted by Crippen LogP contribution is -2.74. The van der Waals surface area contributed by atoms with Gasteiger partial charge in [0.15, 0.2) is 0 Å². The predicted molar refractivity (Wildman–Crippen MR) is 152 cm³/mol. The number of Topliss-reactive ketones (excluding diaryl/α,β-unsaturated/α-hetero) is 1. The van der Waals surface area contributed by atoms with Crippen LogP contribution >= 0.6 is 0 Å². The second-order valence-electron chi connectivity index (χ2n) is 14.6. The molecule has 0 aliphatic heterocycles. The number of hydrogen-bond donors (Lipinski definition) is 2. The molecule has 0 radical (unpaired) electrons. The first-order valence-corrected chi connectivity index (χ1v) is 15.4. The maximum Gasteiger partial charge on any atom is 0.314 e. The lowest BCUT2D eigenvalue weighted by Gasteiger charge is -2.70. The molecule has 0 bridgehead atoms. The first kappa shape index (κ1) is 31.7. The third-order valence-corrected chi connectivity index (χ3v) is 12.5. The van der Waals surface area contributed by atoms with Crippen LogP contribution in [0.25, 0.3) is 0 Å². The van der Waals surface area contributed by atoms with Crippen LogP contribution in [0.4, 0.5) is 0 Å². The average molecular weight is 603 g/mol. The Morgan fingerprint density at radius 2 is 1.58 bits per heavy atom. The molecule has 0 unspecified atom stereocenters. The number of hydrogen-bond acceptors (Lipinski definition) is 10. The van der Waals surface area contributed by atoms with E-state index in [2.05, 4.69) is 0 Å². The molecule has 0 saturated heterocycles. The van der Waals surface area contributed by atoms with Gasteiger partial charge in [-0.05, 0) is 43.2 Å². The Hall–Kier alpha value is -2.72. The molecule has 4 fully saturated rings. The van der Waals surface area contributed by atoms with E-state index in [4.69, 9.17) is 18.6 Å². The molecule has 0 amide bonds. The van der Waals surface area contributed by atoms with Gasteiger partial charge in [0.25, 0.3) is 0 Å². The van der Waals surface area contributed by atoms with Crippen molar-refractivity contribution >= 4 is 23.7 Å². The molecule has 238 valence electrons. The summed E-state index contributed by atoms with van der Waals surface area (Å²) in [4.78, 5) is 53.4. The van der Waals surface area contributed by atoms with Crippen LogP contribution in [0.3, 0.4) is 0 Å². The zero-order chi connectivity index (χ0) is 31.9. The monoisotopic (exact) mass is 602 g/mol. The highest BCUT2D eigenvalue weighted by Crippen LogP contribution is 2.75. The summed E-state index contributed by atoms with van der Waals surface area (Å²) >= 11 is 0. The molecule has 0 aromatic carbocycles. The van der Waals surface area contributed by atoms with Crippen molar-refractivity contribution in [2.45, 2.75) is 104 Å². The van der Waals surface area contributed by atoms with Gasteiger partial charge in [-0.3, -0.25) is 19.2 Å². The van der Waals surface area contributed by atoms with Gasteiger partial charge in [0.1, 0.15) is 18.0 Å². The van der Waals surface area contributed by atoms with Crippen LogP contribution < -0.4 is 0 Å². The van der Waals surface area contributed by atoms with Gasteiger partial charge in [-0.25, -0.2) is 0 Å². The number of furan rings is 1. The van der Waals surface area contributed by atoms with E-state index in [1.807, 2.05) is 26.8 Å². The number of fused-ring (bicyclic) bond motifs is 5. The van der Waals surface area contributed by atoms with Crippen molar-refractivity contribution in [1.82, 2.24) is 0 Å². The third kappa shape index (κ3) is 4.18. The van der Waals surface area contributed by atoms with Gasteiger partial charge in [0, 0.05) is 47.8 Å². The maximum absolute atomic E-state index is 14.3. The van der Waals surface area contributed by atoms with Crippen molar-refractivity contribution in [3.8, 4) is 0 Å². The van der Waals surface area contributed by atoms with E-state index in [9.17, 15) is 29.4 Å². The first-order valence-electron chi connectivity index (χ1n) is 15.4. The molecule has 10 heteroatoms. The molecule has 2 N–H and O–H groups in total. The van der Waals surface area contributed by atoms with E-state index >= 15 is 0 Å². The Morgan fingerprint density at radius 1 is 0.930 bits per heavy atom. The highest BCUT2D eigenvalue weighted by Gasteiger charge is 2.78. The smallest absolute Gasteiger partial charge is 0.314 e. The lowest BCUT2D eigenvalue weighted by molar-refractivity contribution is -0.292. The minimum Gasteiger partial charge on any atom is -0.472 e. The average Bonchev–Trinajstić information content (AvgIpc) is 3.56. The molecule has 4 aliphatic carbocycles. The summed E-state index contributed by atoms with van der Waals surface area (Å²) in [6.45, 7) is 12.3. The highest BCUT2D eigenvalue weighted by molar-refractivity contribution is 5.87. The number of carbonyl (C=O) groups excluding carboxylic acids is 4. The zero-order valence-electron chi connectivity index (χ0n) is 26.4. The predicted octanol–water partition coefficient (Wildman–Crippen LogP) is 3.82. The molecule has 4 saturated carbocycles. The molecule has 1 aromatic heterocycles. The molecule has 1 aromatic rings. The Kier molecular flexibility index (Phi) is 7.69. The van der Waals surface area contributed by atoms with Gasteiger partial charge in [-0.2, -0.15) is 0 Å². The minimum atomic E-state index is -1.42. The number of aliphatic hydroxyl groups is 2. The molecule has 10 nitrogen and oxygen atoms in total. The topological polar surface area (TPSA) is 150 Å². The van der Waals surface area contributed by atoms with Crippen molar-refractivity contribution in [1.29, 1.82) is 0 Å². The van der Waals surface area contributed by atoms with Gasteiger partial charge in [-0.1, -0.05) is 34.6 Å². The number of aliphatic hydroxyl groups excluding tert-OH is 2. The SMILES string of the molecule is COC(=O)[C@]1(C)[C@H](O)C[C@H](OC(C)=O)[C@]2(C)[C@H]3C[C@H](OC(=O)C(C)C)[C@@]4(C)[C@@H](C(=O)C[C@@H]4c4ccoc4)[C@]3(C)[C@H](O)C[C@@H]12. The van der Waals surface area contributed by atoms with Crippen molar-refractivity contribution in [2.24, 2.45) is 45.3 Å². The number of carbonyl (C=O) groups is 4. The van der Waals surface area contributed by atoms with Crippen LogP contribution in [0.5, 0.6) is 0 Å². The van der Waals surface area contributed by atoms with Crippen molar-refractivity contribution in [3.63, 3.8) is 0 Å². The number of rotatable bonds is 5. The van der Waals surface area contributed by atoms with E-state index in [-0.39, 0.29) is 37.4 Å². The van der Waals surface area contributed by atoms with Crippen LogP contribution in [-0.2, 0) is 33.4 Å². The Labute approximate surface area is 252 Å². The second kappa shape index (κ2) is 10.4. The highest BCUT2D eigenvalue weighted by atomic mass is 16.6. The summed E-state index contributed by atoms with van der Waals surface area (Å²) in [5, 5.41) is 23.6. The van der Waals surface area contributed by atoms with E-state index < -0.39 is 87.7 Å². The Balaban J connectivity index is 1.74. The summed E-state index contributed by atoms with van der Waals surface area (Å²) in [5.41, 5.74) is -3.50. The van der Waals surface area contributed by atoms with E-state index in [1.165, 1.54) is 14.0 Å². The number of ether oxygens (including phenoxy) is 3. The Morgan fingerprint density at radius 3 is 2.14 bits per heavy atom. The molecular weight excluding hydrogens is 556 g/mol. The molecule has 0 spiro atoms. The standard InChI is InChI=1S/C33H46O10/c1-16(2)28(38)43-25-13-22-31(5)21(33(7,29(39)40-8)24(37)14-26(31)42-17(3)34)12-23(36)32(22,6)27-20(35)11-19(30(25,27)4)18-9-10-41-15-18/h9-10,15-16,19,21-27,36-37H,11-14H2,1-8H3/t19-,21-,22-,23-,24-,25+,26+,27-,30+,31+,32+,33+/m1/s1. The second-order valence-corrected chi connectivity index (χ2v) is 14.6. The number of methoxy groups -OCH3 is 1. The van der Waals surface area contributed by atoms with Crippen molar-refractivity contribution in [2.75, 3.05) is 7.11 Å². The quantitative estimate of drug-likeness (QED) is 0.376. The van der Waals surface area contributed by atoms with Gasteiger partial charge >= 0.3 is 17.9 Å². The lowest BCUT2D eigenvalue weighted by atomic mass is 9.34. The van der Waals surface area contributed by atoms with Crippen LogP contribution in [-0.4, -0.2) is 65.4 Å². The van der Waals surface area contributed by atoms with Crippen LogP contribution in [0, 0.1) is 45.3 Å². The fraction of sp³-hybridized carbons (Fsp3) is 0.758. The maximum atomic E-state index is 14.3. The normalized spacial score (nSPS) is 45.5. The molecule has 4 aliphatic rings. The largest absolute Gasteiger partial charge is 0.472 e. The van der Waals surface area contributed by atoms with Crippen LogP contribution in [0.15, 0.2) is 23.0 Å². The van der Waals surface area contributed by atoms with Gasteiger partial charge < -0.3 is 28.8 Å². The summed E-state index contributed by atoms with van der Waals surface area (Å²) < 4.78 is 22.9. The summed E-state index contributed by atoms with van der Waals surface area (Å²) in [7, 11) is 1.26. The fourth-order valence-electron chi connectivity index (χ4n) is 10.3. The van der Waals surface area contributed by atoms with Crippen LogP contribution in [0.1, 0.15) is 85.6 Å². The van der Waals surface area contributed by atoms with E-state index in [0.29, 0.717) is 0 Å². The first-order chi connectivity index (χ1) is 20.0. The van der Waals surface area contributed by atoms with Crippen LogP contribution in [0.2, 0.25) is 0 Å². The summed E-state index contributed by atoms with van der Waals surface area (Å²) in [5.74, 6) is -4.25. The Bertz CT molecular complexity index is 1290. The number of ketones is 1. The van der Waals surface area contributed by atoms with Gasteiger partial charge in [0.05, 0.1) is 43.2 Å². The van der Waals surface area contributed by atoms with Gasteiger partial charge in [-0.15, -0.1) is 0 Å². The third-order valence-electron chi connectivity index (χ3n) is 12.5. The molecule has 1 heterocycles. The summed E-state index contributed by atoms with van der Waals surface area (Å²) in [6, 6.07) is 1.83. The van der Waals surface area contributed by atoms with E-state index in [0.717, 1.165) is 5.56 Å². The molecule has 43 heavy (non-hydrogen) atoms. The molecule has 5 rings (SSSR count). The minimum absolute atomic E-state index is 0.0230. The number of esters is 3. The van der Waals surface area contributed by atoms with Crippen molar-refractivity contribution in [3.05, 3.63) is 24.2 Å². The van der Waals surface area contributed by atoms with Crippen molar-refractivity contribution < 1.29 is 48.0 Å². The molecular formula is C33H46O10. The zero-order valence-corrected chi connectivity index (χ0v) is 26.4. The summed E-state index contributed by atoms with van der Waals surface area (Å²) in [6.07, 6.45) is -0.123. The molecule has 12 atom stereocenters. The van der Waals surface area contributed by atoms with E-state index in [1.54, 1.807) is 33.3 Å². The van der Waals surface area contributed by atoms with Gasteiger partial charge in [0.2, 0.25) is 0 Å².